The maximum Gasteiger partial charge on any atom is 0.255 e. The SMILES string of the molecule is C[C@@H](c1ccccc1)N1C(=O)c2ccccc2[C@@H]1c1c(-c2ccc(Cl)cc2)[nH]c2ccccc12. The van der Waals surface area contributed by atoms with Gasteiger partial charge in [-0.3, -0.25) is 4.79 Å². The van der Waals surface area contributed by atoms with Crippen LogP contribution < -0.4 is 0 Å². The number of fused-ring (bicyclic) bond motifs is 2. The molecule has 1 aliphatic rings. The minimum atomic E-state index is -0.222. The zero-order valence-electron chi connectivity index (χ0n) is 18.7. The lowest BCUT2D eigenvalue weighted by Crippen LogP contribution is -2.31. The summed E-state index contributed by atoms with van der Waals surface area (Å²) in [4.78, 5) is 19.5. The van der Waals surface area contributed by atoms with Crippen molar-refractivity contribution in [2.75, 3.05) is 0 Å². The van der Waals surface area contributed by atoms with E-state index in [4.69, 9.17) is 11.6 Å². The second-order valence-electron chi connectivity index (χ2n) is 8.76. The Labute approximate surface area is 203 Å². The Morgan fingerprint density at radius 3 is 2.29 bits per heavy atom. The molecule has 4 heteroatoms. The molecule has 6 rings (SSSR count). The maximum absolute atomic E-state index is 13.8. The highest BCUT2D eigenvalue weighted by Crippen LogP contribution is 2.48. The van der Waals surface area contributed by atoms with E-state index in [0.29, 0.717) is 5.02 Å². The molecular weight excluding hydrogens is 440 g/mol. The first-order valence-electron chi connectivity index (χ1n) is 11.5. The molecular formula is C30H23ClN2O. The van der Waals surface area contributed by atoms with E-state index in [0.717, 1.165) is 44.4 Å². The summed E-state index contributed by atoms with van der Waals surface area (Å²) >= 11 is 6.20. The Balaban J connectivity index is 1.62. The minimum Gasteiger partial charge on any atom is -0.354 e. The molecule has 0 bridgehead atoms. The summed E-state index contributed by atoms with van der Waals surface area (Å²) in [5.74, 6) is 0.0595. The van der Waals surface area contributed by atoms with E-state index in [2.05, 4.69) is 48.3 Å². The Kier molecular flexibility index (Phi) is 5.00. The molecule has 0 unspecified atom stereocenters. The maximum atomic E-state index is 13.8. The average molecular weight is 463 g/mol. The summed E-state index contributed by atoms with van der Waals surface area (Å²) in [7, 11) is 0. The number of nitrogens with one attached hydrogen (secondary N) is 1. The van der Waals surface area contributed by atoms with Crippen LogP contribution in [0.25, 0.3) is 22.2 Å². The van der Waals surface area contributed by atoms with Crippen molar-refractivity contribution in [3.05, 3.63) is 130 Å². The van der Waals surface area contributed by atoms with Gasteiger partial charge in [-0.25, -0.2) is 0 Å². The first-order chi connectivity index (χ1) is 16.6. The number of carbonyl (C=O) groups is 1. The number of para-hydroxylation sites is 1. The van der Waals surface area contributed by atoms with Gasteiger partial charge in [0.25, 0.3) is 5.91 Å². The highest BCUT2D eigenvalue weighted by Gasteiger charge is 2.42. The molecule has 0 fully saturated rings. The van der Waals surface area contributed by atoms with Gasteiger partial charge in [0.2, 0.25) is 0 Å². The van der Waals surface area contributed by atoms with Gasteiger partial charge < -0.3 is 9.88 Å². The second-order valence-corrected chi connectivity index (χ2v) is 9.19. The first-order valence-corrected chi connectivity index (χ1v) is 11.8. The van der Waals surface area contributed by atoms with Crippen LogP contribution in [0.1, 0.15) is 46.1 Å². The van der Waals surface area contributed by atoms with E-state index in [1.807, 2.05) is 71.6 Å². The van der Waals surface area contributed by atoms with Crippen LogP contribution in [0.3, 0.4) is 0 Å². The van der Waals surface area contributed by atoms with Crippen LogP contribution in [-0.4, -0.2) is 15.8 Å². The van der Waals surface area contributed by atoms with E-state index >= 15 is 0 Å². The van der Waals surface area contributed by atoms with Gasteiger partial charge in [-0.1, -0.05) is 90.5 Å². The summed E-state index contributed by atoms with van der Waals surface area (Å²) < 4.78 is 0. The van der Waals surface area contributed by atoms with Gasteiger partial charge in [0.15, 0.2) is 0 Å². The Hall–Kier alpha value is -3.82. The van der Waals surface area contributed by atoms with Crippen LogP contribution in [0, 0.1) is 0 Å². The van der Waals surface area contributed by atoms with Crippen molar-refractivity contribution in [2.45, 2.75) is 19.0 Å². The Bertz CT molecular complexity index is 1500. The molecule has 2 heterocycles. The number of aromatic nitrogens is 1. The fraction of sp³-hybridized carbons (Fsp3) is 0.100. The minimum absolute atomic E-state index is 0.0595. The quantitative estimate of drug-likeness (QED) is 0.290. The molecule has 166 valence electrons. The fourth-order valence-electron chi connectivity index (χ4n) is 5.21. The standard InChI is InChI=1S/C30H23ClN2O/c1-19(20-9-3-2-4-10-20)33-29(23-11-5-6-12-24(23)30(33)34)27-25-13-7-8-14-26(25)32-28(27)21-15-17-22(31)18-16-21/h2-19,29,32H,1H3/t19-,29+/m0/s1. The van der Waals surface area contributed by atoms with E-state index in [1.165, 1.54) is 0 Å². The van der Waals surface area contributed by atoms with Crippen LogP contribution >= 0.6 is 11.6 Å². The summed E-state index contributed by atoms with van der Waals surface area (Å²) in [5, 5.41) is 1.81. The molecule has 2 atom stereocenters. The lowest BCUT2D eigenvalue weighted by molar-refractivity contribution is 0.0678. The lowest BCUT2D eigenvalue weighted by Gasteiger charge is -2.32. The molecule has 0 saturated heterocycles. The summed E-state index contributed by atoms with van der Waals surface area (Å²) in [6.07, 6.45) is 0. The molecule has 34 heavy (non-hydrogen) atoms. The van der Waals surface area contributed by atoms with E-state index in [9.17, 15) is 4.79 Å². The van der Waals surface area contributed by atoms with E-state index < -0.39 is 0 Å². The predicted octanol–water partition coefficient (Wildman–Crippen LogP) is 7.79. The lowest BCUT2D eigenvalue weighted by atomic mass is 9.92. The van der Waals surface area contributed by atoms with Crippen molar-refractivity contribution in [3.63, 3.8) is 0 Å². The average Bonchev–Trinajstić information content (AvgIpc) is 3.40. The van der Waals surface area contributed by atoms with Gasteiger partial charge in [-0.15, -0.1) is 0 Å². The van der Waals surface area contributed by atoms with E-state index in [1.54, 1.807) is 0 Å². The third kappa shape index (κ3) is 3.24. The molecule has 0 aliphatic carbocycles. The summed E-state index contributed by atoms with van der Waals surface area (Å²) in [6, 6.07) is 34.1. The van der Waals surface area contributed by atoms with Crippen LogP contribution in [0.4, 0.5) is 0 Å². The van der Waals surface area contributed by atoms with Gasteiger partial charge in [0, 0.05) is 27.1 Å². The molecule has 3 nitrogen and oxygen atoms in total. The third-order valence-corrected chi connectivity index (χ3v) is 7.10. The van der Waals surface area contributed by atoms with Gasteiger partial charge >= 0.3 is 0 Å². The normalized spacial score (nSPS) is 16.1. The molecule has 1 aromatic heterocycles. The number of rotatable bonds is 4. The van der Waals surface area contributed by atoms with Crippen molar-refractivity contribution < 1.29 is 4.79 Å². The number of aromatic amines is 1. The zero-order chi connectivity index (χ0) is 23.2. The predicted molar refractivity (Wildman–Crippen MR) is 138 cm³/mol. The molecule has 0 spiro atoms. The monoisotopic (exact) mass is 462 g/mol. The number of benzene rings is 4. The highest BCUT2D eigenvalue weighted by molar-refractivity contribution is 6.30. The van der Waals surface area contributed by atoms with Crippen LogP contribution in [-0.2, 0) is 0 Å². The molecule has 1 amide bonds. The van der Waals surface area contributed by atoms with Crippen LogP contribution in [0.5, 0.6) is 0 Å². The van der Waals surface area contributed by atoms with Gasteiger partial charge in [0.1, 0.15) is 0 Å². The molecule has 1 aliphatic heterocycles. The molecule has 0 radical (unpaired) electrons. The third-order valence-electron chi connectivity index (χ3n) is 6.85. The highest BCUT2D eigenvalue weighted by atomic mass is 35.5. The number of nitrogens with zero attached hydrogens (tertiary/aromatic N) is 1. The van der Waals surface area contributed by atoms with E-state index in [-0.39, 0.29) is 18.0 Å². The number of H-pyrrole nitrogens is 1. The number of carbonyl (C=O) groups excluding carboxylic acids is 1. The van der Waals surface area contributed by atoms with Crippen molar-refractivity contribution in [1.82, 2.24) is 9.88 Å². The summed E-state index contributed by atoms with van der Waals surface area (Å²) in [5.41, 5.74) is 7.13. The van der Waals surface area contributed by atoms with Gasteiger partial charge in [0.05, 0.1) is 17.8 Å². The molecule has 5 aromatic rings. The number of hydrogen-bond acceptors (Lipinski definition) is 1. The largest absolute Gasteiger partial charge is 0.354 e. The van der Waals surface area contributed by atoms with Crippen molar-refractivity contribution in [2.24, 2.45) is 0 Å². The molecule has 1 N–H and O–H groups in total. The number of amides is 1. The Morgan fingerprint density at radius 1 is 0.824 bits per heavy atom. The smallest absolute Gasteiger partial charge is 0.255 e. The summed E-state index contributed by atoms with van der Waals surface area (Å²) in [6.45, 7) is 2.11. The van der Waals surface area contributed by atoms with Crippen LogP contribution in [0.15, 0.2) is 103 Å². The van der Waals surface area contributed by atoms with Crippen molar-refractivity contribution >= 4 is 28.4 Å². The van der Waals surface area contributed by atoms with Gasteiger partial charge in [-0.05, 0) is 47.9 Å². The number of halogens is 1. The molecule has 0 saturated carbocycles. The fourth-order valence-corrected chi connectivity index (χ4v) is 5.34. The second kappa shape index (κ2) is 8.19. The van der Waals surface area contributed by atoms with Gasteiger partial charge in [-0.2, -0.15) is 0 Å². The van der Waals surface area contributed by atoms with Crippen molar-refractivity contribution in [1.29, 1.82) is 0 Å². The molecule has 4 aromatic carbocycles. The topological polar surface area (TPSA) is 36.1 Å². The Morgan fingerprint density at radius 2 is 1.50 bits per heavy atom. The van der Waals surface area contributed by atoms with Crippen molar-refractivity contribution in [3.8, 4) is 11.3 Å². The van der Waals surface area contributed by atoms with Crippen LogP contribution in [0.2, 0.25) is 5.02 Å². The number of hydrogen-bond donors (Lipinski definition) is 1. The first kappa shape index (κ1) is 20.8. The zero-order valence-corrected chi connectivity index (χ0v) is 19.5.